The van der Waals surface area contributed by atoms with Crippen molar-refractivity contribution in [3.63, 3.8) is 0 Å². The summed E-state index contributed by atoms with van der Waals surface area (Å²) < 4.78 is 0. The molecule has 3 aromatic carbocycles. The van der Waals surface area contributed by atoms with Crippen LogP contribution in [0.5, 0.6) is 0 Å². The lowest BCUT2D eigenvalue weighted by molar-refractivity contribution is 0.405. The molecule has 0 saturated heterocycles. The molecular formula is C26H26Cl2N4. The smallest absolute Gasteiger partial charge is 0.162 e. The predicted octanol–water partition coefficient (Wildman–Crippen LogP) is 6.94. The maximum absolute atomic E-state index is 6.47. The fourth-order valence-electron chi connectivity index (χ4n) is 3.71. The van der Waals surface area contributed by atoms with Gasteiger partial charge >= 0.3 is 0 Å². The molecule has 0 saturated carbocycles. The fraction of sp³-hybridized carbons (Fsp3) is 0.231. The highest BCUT2D eigenvalue weighted by Crippen LogP contribution is 2.35. The Labute approximate surface area is 199 Å². The number of aromatic nitrogens is 2. The normalized spacial score (nSPS) is 11.3. The molecule has 0 fully saturated rings. The summed E-state index contributed by atoms with van der Waals surface area (Å²) in [7, 11) is 4.17. The highest BCUT2D eigenvalue weighted by molar-refractivity contribution is 6.43. The van der Waals surface area contributed by atoms with Gasteiger partial charge in [-0.3, -0.25) is 0 Å². The summed E-state index contributed by atoms with van der Waals surface area (Å²) in [4.78, 5) is 12.0. The van der Waals surface area contributed by atoms with Gasteiger partial charge < -0.3 is 10.2 Å². The molecule has 0 aliphatic rings. The van der Waals surface area contributed by atoms with Crippen molar-refractivity contribution in [2.75, 3.05) is 32.5 Å². The van der Waals surface area contributed by atoms with E-state index in [2.05, 4.69) is 49.4 Å². The van der Waals surface area contributed by atoms with Crippen LogP contribution in [-0.2, 0) is 0 Å². The van der Waals surface area contributed by atoms with Crippen molar-refractivity contribution in [2.24, 2.45) is 0 Å². The van der Waals surface area contributed by atoms with Crippen molar-refractivity contribution in [2.45, 2.75) is 13.3 Å². The fourth-order valence-corrected chi connectivity index (χ4v) is 4.12. The third-order valence-corrected chi connectivity index (χ3v) is 6.21. The van der Waals surface area contributed by atoms with E-state index >= 15 is 0 Å². The highest BCUT2D eigenvalue weighted by atomic mass is 35.5. The number of benzene rings is 3. The SMILES string of the molecule is Cc1cccc2c(NCCCN(C)C)nc(-c3cccc(-c4cccc(Cl)c4Cl)c3)nc12. The number of hydrogen-bond acceptors (Lipinski definition) is 4. The van der Waals surface area contributed by atoms with Crippen LogP contribution in [0, 0.1) is 6.92 Å². The van der Waals surface area contributed by atoms with Gasteiger partial charge in [0.15, 0.2) is 5.82 Å². The third-order valence-electron chi connectivity index (χ3n) is 5.39. The number of halogens is 2. The van der Waals surface area contributed by atoms with Crippen molar-refractivity contribution in [3.8, 4) is 22.5 Å². The Morgan fingerprint density at radius 3 is 2.47 bits per heavy atom. The van der Waals surface area contributed by atoms with Crippen LogP contribution in [0.4, 0.5) is 5.82 Å². The molecule has 0 aliphatic carbocycles. The number of anilines is 1. The van der Waals surface area contributed by atoms with E-state index in [4.69, 9.17) is 33.2 Å². The van der Waals surface area contributed by atoms with E-state index in [-0.39, 0.29) is 0 Å². The molecule has 0 bridgehead atoms. The lowest BCUT2D eigenvalue weighted by Crippen LogP contribution is -2.17. The van der Waals surface area contributed by atoms with Gasteiger partial charge in [0.1, 0.15) is 5.82 Å². The molecule has 1 heterocycles. The predicted molar refractivity (Wildman–Crippen MR) is 137 cm³/mol. The Bertz CT molecular complexity index is 1250. The molecular weight excluding hydrogens is 439 g/mol. The van der Waals surface area contributed by atoms with Crippen molar-refractivity contribution in [3.05, 3.63) is 76.3 Å². The maximum Gasteiger partial charge on any atom is 0.162 e. The molecule has 0 unspecified atom stereocenters. The van der Waals surface area contributed by atoms with Gasteiger partial charge in [-0.2, -0.15) is 0 Å². The van der Waals surface area contributed by atoms with Gasteiger partial charge in [0, 0.05) is 23.1 Å². The lowest BCUT2D eigenvalue weighted by Gasteiger charge is -2.14. The summed E-state index contributed by atoms with van der Waals surface area (Å²) >= 11 is 12.7. The number of nitrogens with one attached hydrogen (secondary N) is 1. The minimum atomic E-state index is 0.538. The Morgan fingerprint density at radius 1 is 0.906 bits per heavy atom. The topological polar surface area (TPSA) is 41.0 Å². The van der Waals surface area contributed by atoms with Crippen LogP contribution >= 0.6 is 23.2 Å². The van der Waals surface area contributed by atoms with E-state index in [1.54, 1.807) is 6.07 Å². The summed E-state index contributed by atoms with van der Waals surface area (Å²) in [5.41, 5.74) is 4.87. The first-order valence-electron chi connectivity index (χ1n) is 10.6. The van der Waals surface area contributed by atoms with E-state index < -0.39 is 0 Å². The summed E-state index contributed by atoms with van der Waals surface area (Å²) in [6, 6.07) is 20.0. The molecule has 32 heavy (non-hydrogen) atoms. The second kappa shape index (κ2) is 9.86. The summed E-state index contributed by atoms with van der Waals surface area (Å²) in [6.45, 7) is 3.94. The molecule has 0 radical (unpaired) electrons. The minimum Gasteiger partial charge on any atom is -0.369 e. The molecule has 164 valence electrons. The number of aryl methyl sites for hydroxylation is 1. The average molecular weight is 465 g/mol. The molecule has 4 aromatic rings. The molecule has 0 atom stereocenters. The lowest BCUT2D eigenvalue weighted by atomic mass is 10.0. The Kier molecular flexibility index (Phi) is 6.95. The second-order valence-corrected chi connectivity index (χ2v) is 8.92. The van der Waals surface area contributed by atoms with Crippen LogP contribution in [0.2, 0.25) is 10.0 Å². The van der Waals surface area contributed by atoms with Gasteiger partial charge in [-0.05, 0) is 63.3 Å². The number of rotatable bonds is 7. The van der Waals surface area contributed by atoms with E-state index in [9.17, 15) is 0 Å². The molecule has 1 aromatic heterocycles. The summed E-state index contributed by atoms with van der Waals surface area (Å²) in [5, 5.41) is 5.65. The van der Waals surface area contributed by atoms with Crippen LogP contribution in [-0.4, -0.2) is 42.1 Å². The van der Waals surface area contributed by atoms with Crippen LogP contribution in [0.15, 0.2) is 60.7 Å². The molecule has 0 aliphatic heterocycles. The first kappa shape index (κ1) is 22.5. The molecule has 0 spiro atoms. The zero-order valence-corrected chi connectivity index (χ0v) is 20.0. The Hall–Kier alpha value is -2.66. The summed E-state index contributed by atoms with van der Waals surface area (Å²) in [5.74, 6) is 1.54. The molecule has 6 heteroatoms. The van der Waals surface area contributed by atoms with Crippen LogP contribution < -0.4 is 5.32 Å². The van der Waals surface area contributed by atoms with Crippen LogP contribution in [0.25, 0.3) is 33.4 Å². The van der Waals surface area contributed by atoms with Gasteiger partial charge in [0.25, 0.3) is 0 Å². The monoisotopic (exact) mass is 464 g/mol. The van der Waals surface area contributed by atoms with Gasteiger partial charge in [-0.1, -0.05) is 65.7 Å². The van der Waals surface area contributed by atoms with E-state index in [0.717, 1.165) is 58.5 Å². The highest BCUT2D eigenvalue weighted by Gasteiger charge is 2.13. The van der Waals surface area contributed by atoms with Gasteiger partial charge in [0.2, 0.25) is 0 Å². The van der Waals surface area contributed by atoms with E-state index in [0.29, 0.717) is 15.9 Å². The molecule has 0 amide bonds. The molecule has 4 rings (SSSR count). The zero-order chi connectivity index (χ0) is 22.7. The third kappa shape index (κ3) is 4.88. The maximum atomic E-state index is 6.47. The van der Waals surface area contributed by atoms with Crippen molar-refractivity contribution in [1.82, 2.24) is 14.9 Å². The molecule has 4 nitrogen and oxygen atoms in total. The van der Waals surface area contributed by atoms with Gasteiger partial charge in [-0.15, -0.1) is 0 Å². The number of fused-ring (bicyclic) bond motifs is 1. The summed E-state index contributed by atoms with van der Waals surface area (Å²) in [6.07, 6.45) is 1.03. The first-order chi connectivity index (χ1) is 15.4. The zero-order valence-electron chi connectivity index (χ0n) is 18.5. The van der Waals surface area contributed by atoms with Gasteiger partial charge in [0.05, 0.1) is 15.6 Å². The van der Waals surface area contributed by atoms with E-state index in [1.165, 1.54) is 0 Å². The van der Waals surface area contributed by atoms with Crippen molar-refractivity contribution >= 4 is 39.9 Å². The van der Waals surface area contributed by atoms with Crippen LogP contribution in [0.1, 0.15) is 12.0 Å². The van der Waals surface area contributed by atoms with Gasteiger partial charge in [-0.25, -0.2) is 9.97 Å². The number of para-hydroxylation sites is 1. The second-order valence-electron chi connectivity index (χ2n) is 8.13. The Morgan fingerprint density at radius 2 is 1.66 bits per heavy atom. The first-order valence-corrected chi connectivity index (χ1v) is 11.4. The largest absolute Gasteiger partial charge is 0.369 e. The minimum absolute atomic E-state index is 0.538. The number of nitrogens with zero attached hydrogens (tertiary/aromatic N) is 3. The van der Waals surface area contributed by atoms with E-state index in [1.807, 2.05) is 36.4 Å². The number of hydrogen-bond donors (Lipinski definition) is 1. The quantitative estimate of drug-likeness (QED) is 0.300. The van der Waals surface area contributed by atoms with Crippen molar-refractivity contribution < 1.29 is 0 Å². The van der Waals surface area contributed by atoms with Crippen LogP contribution in [0.3, 0.4) is 0 Å². The van der Waals surface area contributed by atoms with Crippen molar-refractivity contribution in [1.29, 1.82) is 0 Å². The standard InChI is InChI=1S/C26H26Cl2N4/c1-17-8-4-12-21-24(17)30-25(31-26(21)29-14-7-15-32(2)3)19-10-5-9-18(16-19)20-11-6-13-22(27)23(20)28/h4-6,8-13,16H,7,14-15H2,1-3H3,(H,29,30,31). The average Bonchev–Trinajstić information content (AvgIpc) is 2.79. The molecule has 1 N–H and O–H groups in total. The Balaban J connectivity index is 1.76.